The second-order valence-corrected chi connectivity index (χ2v) is 12.2. The largest absolute Gasteiger partial charge is 0.497 e. The third-order valence-electron chi connectivity index (χ3n) is 4.59. The van der Waals surface area contributed by atoms with Gasteiger partial charge in [0.05, 0.1) is 33.8 Å². The maximum atomic E-state index is 12.7. The van der Waals surface area contributed by atoms with Crippen LogP contribution >= 0.6 is 11.3 Å². The molecule has 0 aliphatic carbocycles. The van der Waals surface area contributed by atoms with Crippen LogP contribution in [-0.4, -0.2) is 45.5 Å². The van der Waals surface area contributed by atoms with E-state index in [0.717, 1.165) is 41.8 Å². The molecule has 0 saturated heterocycles. The van der Waals surface area contributed by atoms with Crippen molar-refractivity contribution in [3.05, 3.63) is 64.8 Å². The number of methoxy groups -OCH3 is 1. The quantitative estimate of drug-likeness (QED) is 0.309. The first-order valence-electron chi connectivity index (χ1n) is 9.65. The number of sulfone groups is 2. The summed E-state index contributed by atoms with van der Waals surface area (Å²) in [5.41, 5.74) is -0.245. The number of ether oxygens (including phenoxy) is 1. The summed E-state index contributed by atoms with van der Waals surface area (Å²) >= 11 is 0.718. The Morgan fingerprint density at radius 1 is 1.06 bits per heavy atom. The number of nitro groups is 1. The van der Waals surface area contributed by atoms with E-state index in [9.17, 15) is 31.7 Å². The Kier molecular flexibility index (Phi) is 7.64. The number of non-ortho nitro benzene ring substituents is 1. The highest BCUT2D eigenvalue weighted by Gasteiger charge is 2.23. The molecule has 11 nitrogen and oxygen atoms in total. The van der Waals surface area contributed by atoms with Crippen molar-refractivity contribution in [1.29, 1.82) is 0 Å². The highest BCUT2D eigenvalue weighted by Crippen LogP contribution is 2.29. The van der Waals surface area contributed by atoms with Crippen LogP contribution in [0.25, 0.3) is 0 Å². The number of nitro benzene ring substituents is 1. The molecule has 14 heteroatoms. The molecule has 34 heavy (non-hydrogen) atoms. The molecule has 3 aromatic rings. The lowest BCUT2D eigenvalue weighted by Crippen LogP contribution is -2.14. The summed E-state index contributed by atoms with van der Waals surface area (Å²) in [6, 6.07) is 10.3. The van der Waals surface area contributed by atoms with Crippen LogP contribution in [0.2, 0.25) is 0 Å². The Morgan fingerprint density at radius 3 is 2.26 bits per heavy atom. The number of hydrogen-bond acceptors (Lipinski definition) is 10. The summed E-state index contributed by atoms with van der Waals surface area (Å²) in [5.74, 6) is -0.236. The number of benzene rings is 2. The molecular formula is C20H19N3O8S3. The maximum absolute atomic E-state index is 12.7. The Bertz CT molecular complexity index is 1400. The minimum atomic E-state index is -3.97. The van der Waals surface area contributed by atoms with Crippen LogP contribution in [0.4, 0.5) is 10.8 Å². The van der Waals surface area contributed by atoms with E-state index < -0.39 is 30.5 Å². The standard InChI is InChI=1S/C20H19N3O8S3/c1-31-15-6-10-16(11-7-15)33(27,28)12-2-3-18(24)22-20-21-13-19(32-20)34(29,30)17-8-4-14(5-9-17)23(25)26/h4-11,13H,2-3,12H2,1H3,(H,21,22,24). The minimum absolute atomic E-state index is 0.0310. The number of thiazole rings is 1. The van der Waals surface area contributed by atoms with Crippen LogP contribution in [-0.2, 0) is 24.5 Å². The molecule has 0 radical (unpaired) electrons. The van der Waals surface area contributed by atoms with Crippen molar-refractivity contribution in [3.8, 4) is 5.75 Å². The molecule has 2 aromatic carbocycles. The molecule has 3 rings (SSSR count). The van der Waals surface area contributed by atoms with Gasteiger partial charge < -0.3 is 10.1 Å². The molecular weight excluding hydrogens is 506 g/mol. The van der Waals surface area contributed by atoms with E-state index in [1.807, 2.05) is 0 Å². The molecule has 1 aromatic heterocycles. The zero-order chi connectivity index (χ0) is 24.9. The van der Waals surface area contributed by atoms with Crippen LogP contribution in [0.5, 0.6) is 5.75 Å². The van der Waals surface area contributed by atoms with E-state index >= 15 is 0 Å². The number of nitrogens with zero attached hydrogens (tertiary/aromatic N) is 2. The average molecular weight is 526 g/mol. The lowest BCUT2D eigenvalue weighted by atomic mass is 10.3. The van der Waals surface area contributed by atoms with Crippen molar-refractivity contribution in [2.24, 2.45) is 0 Å². The van der Waals surface area contributed by atoms with Gasteiger partial charge in [-0.25, -0.2) is 21.8 Å². The summed E-state index contributed by atoms with van der Waals surface area (Å²) in [6.45, 7) is 0. The highest BCUT2D eigenvalue weighted by molar-refractivity contribution is 7.93. The Labute approximate surface area is 199 Å². The van der Waals surface area contributed by atoms with Gasteiger partial charge in [-0.15, -0.1) is 0 Å². The first-order valence-corrected chi connectivity index (χ1v) is 13.6. The first kappa shape index (κ1) is 25.3. The van der Waals surface area contributed by atoms with Crippen LogP contribution in [0.3, 0.4) is 0 Å². The fourth-order valence-corrected chi connectivity index (χ4v) is 6.57. The summed E-state index contributed by atoms with van der Waals surface area (Å²) < 4.78 is 55.0. The number of hydrogen-bond donors (Lipinski definition) is 1. The predicted octanol–water partition coefficient (Wildman–Crippen LogP) is 3.09. The number of carbonyl (C=O) groups is 1. The van der Waals surface area contributed by atoms with E-state index in [1.54, 1.807) is 0 Å². The minimum Gasteiger partial charge on any atom is -0.497 e. The van der Waals surface area contributed by atoms with Gasteiger partial charge in [-0.05, 0) is 42.8 Å². The maximum Gasteiger partial charge on any atom is 0.269 e. The lowest BCUT2D eigenvalue weighted by Gasteiger charge is -2.06. The number of rotatable bonds is 10. The summed E-state index contributed by atoms with van der Waals surface area (Å²) in [4.78, 5) is 26.1. The predicted molar refractivity (Wildman–Crippen MR) is 124 cm³/mol. The SMILES string of the molecule is COc1ccc(S(=O)(=O)CCCC(=O)Nc2ncc(S(=O)(=O)c3ccc([N+](=O)[O-])cc3)s2)cc1. The Hall–Kier alpha value is -3.36. The average Bonchev–Trinajstić information content (AvgIpc) is 3.28. The molecule has 0 saturated carbocycles. The second-order valence-electron chi connectivity index (χ2n) is 6.89. The molecule has 0 aliphatic rings. The van der Waals surface area contributed by atoms with Crippen molar-refractivity contribution in [3.63, 3.8) is 0 Å². The number of aromatic nitrogens is 1. The van der Waals surface area contributed by atoms with Gasteiger partial charge >= 0.3 is 0 Å². The molecule has 1 heterocycles. The topological polar surface area (TPSA) is 163 Å². The van der Waals surface area contributed by atoms with Crippen LogP contribution in [0.1, 0.15) is 12.8 Å². The van der Waals surface area contributed by atoms with E-state index in [0.29, 0.717) is 5.75 Å². The van der Waals surface area contributed by atoms with Gasteiger partial charge in [0.25, 0.3) is 5.69 Å². The normalized spacial score (nSPS) is 11.7. The molecule has 0 aliphatic heterocycles. The third-order valence-corrected chi connectivity index (χ3v) is 9.55. The number of amides is 1. The fraction of sp³-hybridized carbons (Fsp3) is 0.200. The van der Waals surface area contributed by atoms with Gasteiger partial charge in [-0.1, -0.05) is 11.3 Å². The van der Waals surface area contributed by atoms with Gasteiger partial charge in [0, 0.05) is 18.6 Å². The van der Waals surface area contributed by atoms with Crippen molar-refractivity contribution in [2.75, 3.05) is 18.2 Å². The molecule has 0 bridgehead atoms. The van der Waals surface area contributed by atoms with Gasteiger partial charge in [-0.3, -0.25) is 14.9 Å². The van der Waals surface area contributed by atoms with Gasteiger partial charge in [0.15, 0.2) is 15.0 Å². The molecule has 0 fully saturated rings. The summed E-state index contributed by atoms with van der Waals surface area (Å²) in [7, 11) is -6.08. The van der Waals surface area contributed by atoms with Crippen molar-refractivity contribution in [2.45, 2.75) is 26.8 Å². The molecule has 0 spiro atoms. The molecule has 1 N–H and O–H groups in total. The third kappa shape index (κ3) is 5.95. The van der Waals surface area contributed by atoms with Gasteiger partial charge in [-0.2, -0.15) is 0 Å². The van der Waals surface area contributed by atoms with Crippen LogP contribution in [0.15, 0.2) is 68.7 Å². The monoisotopic (exact) mass is 525 g/mol. The Balaban J connectivity index is 1.58. The lowest BCUT2D eigenvalue weighted by molar-refractivity contribution is -0.384. The highest BCUT2D eigenvalue weighted by atomic mass is 32.2. The first-order chi connectivity index (χ1) is 16.0. The number of anilines is 1. The molecule has 180 valence electrons. The van der Waals surface area contributed by atoms with E-state index in [1.165, 1.54) is 31.4 Å². The van der Waals surface area contributed by atoms with E-state index in [2.05, 4.69) is 10.3 Å². The molecule has 0 unspecified atom stereocenters. The van der Waals surface area contributed by atoms with Crippen molar-refractivity contribution >= 4 is 47.7 Å². The van der Waals surface area contributed by atoms with Crippen molar-refractivity contribution < 1.29 is 31.3 Å². The zero-order valence-corrected chi connectivity index (χ0v) is 20.2. The number of nitrogens with one attached hydrogen (secondary N) is 1. The van der Waals surface area contributed by atoms with Gasteiger partial charge in [0.2, 0.25) is 15.7 Å². The smallest absolute Gasteiger partial charge is 0.269 e. The molecule has 0 atom stereocenters. The van der Waals surface area contributed by atoms with Crippen LogP contribution < -0.4 is 10.1 Å². The van der Waals surface area contributed by atoms with Gasteiger partial charge in [0.1, 0.15) is 9.96 Å². The summed E-state index contributed by atoms with van der Waals surface area (Å²) in [6.07, 6.45) is 1.02. The van der Waals surface area contributed by atoms with E-state index in [4.69, 9.17) is 4.74 Å². The van der Waals surface area contributed by atoms with Crippen LogP contribution in [0, 0.1) is 10.1 Å². The summed E-state index contributed by atoms with van der Waals surface area (Å²) in [5, 5.41) is 13.2. The second kappa shape index (κ2) is 10.3. The Morgan fingerprint density at radius 2 is 1.68 bits per heavy atom. The molecule has 1 amide bonds. The van der Waals surface area contributed by atoms with E-state index in [-0.39, 0.29) is 43.4 Å². The number of carbonyl (C=O) groups excluding carboxylic acids is 1. The zero-order valence-electron chi connectivity index (χ0n) is 17.7. The fourth-order valence-electron chi connectivity index (χ4n) is 2.81. The van der Waals surface area contributed by atoms with Crippen molar-refractivity contribution in [1.82, 2.24) is 4.98 Å².